The van der Waals surface area contributed by atoms with Gasteiger partial charge in [0, 0.05) is 31.3 Å². The van der Waals surface area contributed by atoms with Gasteiger partial charge in [-0.2, -0.15) is 10.2 Å². The molecule has 7 nitrogen and oxygen atoms in total. The van der Waals surface area contributed by atoms with Crippen LogP contribution in [-0.2, 0) is 16.0 Å². The number of hydrogen-bond donors (Lipinski definition) is 1. The molecular weight excluding hydrogens is 366 g/mol. The van der Waals surface area contributed by atoms with Crippen LogP contribution >= 0.6 is 0 Å². The Hall–Kier alpha value is -3.27. The first-order valence-electron chi connectivity index (χ1n) is 9.83. The third-order valence-electron chi connectivity index (χ3n) is 5.46. The molecule has 1 aliphatic rings. The first kappa shape index (κ1) is 20.5. The molecule has 7 heteroatoms. The average molecular weight is 391 g/mol. The largest absolute Gasteiger partial charge is 0.324 e. The monoisotopic (exact) mass is 391 g/mol. The molecule has 0 unspecified atom stereocenters. The Labute approximate surface area is 170 Å². The van der Waals surface area contributed by atoms with Gasteiger partial charge in [0.25, 0.3) is 0 Å². The molecule has 0 bridgehead atoms. The molecule has 0 aliphatic carbocycles. The lowest BCUT2D eigenvalue weighted by atomic mass is 9.77. The standard InChI is InChI=1S/C22H25N5O2/c1-4-18(28)13-16-5-7-17(8-6-16)25-21-24-11-9-19(26-21)27-12-10-22(14-23,15(2)3)20(27)29/h5-9,11,15H,4,10,12-13H2,1-3H3,(H,24,25,26)/t22-/m1/s1. The number of nitrogens with zero attached hydrogens (tertiary/aromatic N) is 4. The molecular formula is C22H25N5O2. The minimum Gasteiger partial charge on any atom is -0.324 e. The Morgan fingerprint density at radius 2 is 2.03 bits per heavy atom. The second kappa shape index (κ2) is 8.39. The fraction of sp³-hybridized carbons (Fsp3) is 0.409. The maximum atomic E-state index is 12.9. The van der Waals surface area contributed by atoms with Crippen molar-refractivity contribution in [3.8, 4) is 6.07 Å². The van der Waals surface area contributed by atoms with Crippen LogP contribution in [0.1, 0.15) is 39.2 Å². The quantitative estimate of drug-likeness (QED) is 0.773. The molecule has 1 N–H and O–H groups in total. The molecule has 1 aromatic carbocycles. The number of hydrogen-bond acceptors (Lipinski definition) is 6. The third-order valence-corrected chi connectivity index (χ3v) is 5.46. The minimum absolute atomic E-state index is 0.0671. The maximum Gasteiger partial charge on any atom is 0.248 e. The van der Waals surface area contributed by atoms with E-state index in [2.05, 4.69) is 21.4 Å². The van der Waals surface area contributed by atoms with Gasteiger partial charge in [-0.05, 0) is 36.1 Å². The smallest absolute Gasteiger partial charge is 0.248 e. The number of Topliss-reactive ketones (excluding diaryl/α,β-unsaturated/α-hetero) is 1. The van der Waals surface area contributed by atoms with Crippen LogP contribution in [0.5, 0.6) is 0 Å². The van der Waals surface area contributed by atoms with E-state index >= 15 is 0 Å². The van der Waals surface area contributed by atoms with Crippen LogP contribution in [0.15, 0.2) is 36.5 Å². The number of anilines is 3. The molecule has 1 atom stereocenters. The van der Waals surface area contributed by atoms with Crippen molar-refractivity contribution >= 4 is 29.1 Å². The van der Waals surface area contributed by atoms with Crippen LogP contribution < -0.4 is 10.2 Å². The Morgan fingerprint density at radius 3 is 2.62 bits per heavy atom. The topological polar surface area (TPSA) is 99.0 Å². The summed E-state index contributed by atoms with van der Waals surface area (Å²) in [5.41, 5.74) is 0.752. The Kier molecular flexibility index (Phi) is 5.92. The number of ketones is 1. The van der Waals surface area contributed by atoms with E-state index in [0.29, 0.717) is 37.6 Å². The van der Waals surface area contributed by atoms with E-state index in [0.717, 1.165) is 11.3 Å². The number of rotatable bonds is 7. The second-order valence-electron chi connectivity index (χ2n) is 7.57. The normalized spacial score (nSPS) is 18.7. The van der Waals surface area contributed by atoms with Crippen molar-refractivity contribution in [1.82, 2.24) is 9.97 Å². The second-order valence-corrected chi connectivity index (χ2v) is 7.57. The summed E-state index contributed by atoms with van der Waals surface area (Å²) in [5.74, 6) is 0.779. The van der Waals surface area contributed by atoms with Crippen molar-refractivity contribution in [3.05, 3.63) is 42.1 Å². The van der Waals surface area contributed by atoms with Crippen LogP contribution in [0.3, 0.4) is 0 Å². The van der Waals surface area contributed by atoms with E-state index in [4.69, 9.17) is 0 Å². The Morgan fingerprint density at radius 1 is 1.31 bits per heavy atom. The third kappa shape index (κ3) is 4.11. The Bertz CT molecular complexity index is 948. The zero-order valence-electron chi connectivity index (χ0n) is 17.0. The SMILES string of the molecule is CCC(=O)Cc1ccc(Nc2nccc(N3CC[C@@](C#N)(C(C)C)C3=O)n2)cc1. The van der Waals surface area contributed by atoms with Gasteiger partial charge in [0.2, 0.25) is 11.9 Å². The van der Waals surface area contributed by atoms with Gasteiger partial charge < -0.3 is 5.32 Å². The molecule has 1 aliphatic heterocycles. The number of carbonyl (C=O) groups excluding carboxylic acids is 2. The van der Waals surface area contributed by atoms with Crippen molar-refractivity contribution in [2.45, 2.75) is 40.0 Å². The molecule has 1 aromatic heterocycles. The van der Waals surface area contributed by atoms with Gasteiger partial charge >= 0.3 is 0 Å². The van der Waals surface area contributed by atoms with E-state index in [9.17, 15) is 14.9 Å². The summed E-state index contributed by atoms with van der Waals surface area (Å²) in [7, 11) is 0. The number of aromatic nitrogens is 2. The number of nitrogens with one attached hydrogen (secondary N) is 1. The highest BCUT2D eigenvalue weighted by Crippen LogP contribution is 2.40. The molecule has 0 spiro atoms. The molecule has 2 aromatic rings. The fourth-order valence-electron chi connectivity index (χ4n) is 3.47. The Balaban J connectivity index is 1.75. The van der Waals surface area contributed by atoms with E-state index in [-0.39, 0.29) is 17.6 Å². The van der Waals surface area contributed by atoms with Crippen LogP contribution in [0.25, 0.3) is 0 Å². The lowest BCUT2D eigenvalue weighted by molar-refractivity contribution is -0.124. The maximum absolute atomic E-state index is 12.9. The summed E-state index contributed by atoms with van der Waals surface area (Å²) in [6.45, 7) is 6.11. The minimum atomic E-state index is -0.996. The van der Waals surface area contributed by atoms with Crippen molar-refractivity contribution in [2.75, 3.05) is 16.8 Å². The van der Waals surface area contributed by atoms with Crippen molar-refractivity contribution in [1.29, 1.82) is 5.26 Å². The molecule has 1 amide bonds. The van der Waals surface area contributed by atoms with Gasteiger partial charge in [-0.25, -0.2) is 4.98 Å². The lowest BCUT2D eigenvalue weighted by Crippen LogP contribution is -2.37. The van der Waals surface area contributed by atoms with Crippen molar-refractivity contribution in [3.63, 3.8) is 0 Å². The van der Waals surface area contributed by atoms with E-state index in [1.807, 2.05) is 45.0 Å². The van der Waals surface area contributed by atoms with E-state index in [1.54, 1.807) is 17.2 Å². The first-order chi connectivity index (χ1) is 13.9. The number of amides is 1. The van der Waals surface area contributed by atoms with Gasteiger partial charge in [-0.15, -0.1) is 0 Å². The molecule has 0 saturated carbocycles. The predicted octanol–water partition coefficient (Wildman–Crippen LogP) is 3.64. The summed E-state index contributed by atoms with van der Waals surface area (Å²) >= 11 is 0. The van der Waals surface area contributed by atoms with Crippen LogP contribution in [-0.4, -0.2) is 28.2 Å². The summed E-state index contributed by atoms with van der Waals surface area (Å²) in [4.78, 5) is 34.7. The predicted molar refractivity (Wildman–Crippen MR) is 111 cm³/mol. The molecule has 1 saturated heterocycles. The lowest BCUT2D eigenvalue weighted by Gasteiger charge is -2.24. The van der Waals surface area contributed by atoms with Gasteiger partial charge in [-0.3, -0.25) is 14.5 Å². The first-order valence-corrected chi connectivity index (χ1v) is 9.83. The highest BCUT2D eigenvalue weighted by Gasteiger charge is 2.50. The molecule has 0 radical (unpaired) electrons. The van der Waals surface area contributed by atoms with Gasteiger partial charge in [0.05, 0.1) is 6.07 Å². The highest BCUT2D eigenvalue weighted by atomic mass is 16.2. The van der Waals surface area contributed by atoms with Crippen LogP contribution in [0.2, 0.25) is 0 Å². The molecule has 1 fully saturated rings. The van der Waals surface area contributed by atoms with Gasteiger partial charge in [-0.1, -0.05) is 32.9 Å². The number of benzene rings is 1. The summed E-state index contributed by atoms with van der Waals surface area (Å²) in [6, 6.07) is 11.4. The van der Waals surface area contributed by atoms with Crippen LogP contribution in [0.4, 0.5) is 17.5 Å². The molecule has 29 heavy (non-hydrogen) atoms. The average Bonchev–Trinajstić information content (AvgIpc) is 3.07. The van der Waals surface area contributed by atoms with Crippen molar-refractivity contribution in [2.24, 2.45) is 11.3 Å². The summed E-state index contributed by atoms with van der Waals surface area (Å²) in [5, 5.41) is 12.7. The van der Waals surface area contributed by atoms with E-state index in [1.165, 1.54) is 0 Å². The number of carbonyl (C=O) groups is 2. The molecule has 3 rings (SSSR count). The fourth-order valence-corrected chi connectivity index (χ4v) is 3.47. The highest BCUT2D eigenvalue weighted by molar-refractivity contribution is 6.01. The van der Waals surface area contributed by atoms with Gasteiger partial charge in [0.1, 0.15) is 17.0 Å². The molecule has 150 valence electrons. The summed E-state index contributed by atoms with van der Waals surface area (Å²) in [6.07, 6.45) is 3.04. The summed E-state index contributed by atoms with van der Waals surface area (Å²) < 4.78 is 0. The zero-order valence-corrected chi connectivity index (χ0v) is 17.0. The zero-order chi connectivity index (χ0) is 21.0. The van der Waals surface area contributed by atoms with Gasteiger partial charge in [0.15, 0.2) is 0 Å². The molecule has 2 heterocycles. The number of nitriles is 1. The van der Waals surface area contributed by atoms with E-state index < -0.39 is 5.41 Å². The van der Waals surface area contributed by atoms with Crippen LogP contribution in [0, 0.1) is 22.7 Å². The van der Waals surface area contributed by atoms with Crippen molar-refractivity contribution < 1.29 is 9.59 Å².